The molecule has 0 atom stereocenters. The molecule has 4 nitrogen and oxygen atoms in total. The lowest BCUT2D eigenvalue weighted by atomic mass is 9.92. The van der Waals surface area contributed by atoms with Crippen molar-refractivity contribution < 1.29 is 4.79 Å². The summed E-state index contributed by atoms with van der Waals surface area (Å²) in [5.74, 6) is 0.769. The number of para-hydroxylation sites is 1. The van der Waals surface area contributed by atoms with Crippen LogP contribution in [0.4, 0.5) is 11.4 Å². The zero-order valence-corrected chi connectivity index (χ0v) is 15.8. The standard InChI is InChI=1S/C20H22BrN3O/c21-17-14-22-9-5-19(17)23-10-6-15(7-11-23)13-20(25)24-12-8-16-3-1-2-4-18(16)24/h1-5,9,14-15H,6-8,10-13H2. The Morgan fingerprint density at radius 2 is 1.92 bits per heavy atom. The van der Waals surface area contributed by atoms with Gasteiger partial charge < -0.3 is 9.80 Å². The van der Waals surface area contributed by atoms with Crippen LogP contribution in [0.2, 0.25) is 0 Å². The first-order valence-electron chi connectivity index (χ1n) is 8.95. The van der Waals surface area contributed by atoms with E-state index >= 15 is 0 Å². The fourth-order valence-electron chi connectivity index (χ4n) is 3.96. The first-order chi connectivity index (χ1) is 12.2. The van der Waals surface area contributed by atoms with Crippen LogP contribution in [0.15, 0.2) is 47.2 Å². The van der Waals surface area contributed by atoms with Gasteiger partial charge in [-0.3, -0.25) is 9.78 Å². The minimum atomic E-state index is 0.286. The fourth-order valence-corrected chi connectivity index (χ4v) is 4.46. The number of fused-ring (bicyclic) bond motifs is 1. The molecule has 1 aromatic heterocycles. The Morgan fingerprint density at radius 1 is 1.12 bits per heavy atom. The van der Waals surface area contributed by atoms with Crippen LogP contribution >= 0.6 is 15.9 Å². The second kappa shape index (κ2) is 7.16. The molecule has 1 fully saturated rings. The van der Waals surface area contributed by atoms with Gasteiger partial charge in [0.05, 0.1) is 10.2 Å². The molecule has 0 N–H and O–H groups in total. The Bertz CT molecular complexity index is 771. The number of hydrogen-bond acceptors (Lipinski definition) is 3. The smallest absolute Gasteiger partial charge is 0.227 e. The van der Waals surface area contributed by atoms with Crippen molar-refractivity contribution in [1.82, 2.24) is 4.98 Å². The average molecular weight is 400 g/mol. The van der Waals surface area contributed by atoms with Crippen molar-refractivity contribution in [1.29, 1.82) is 0 Å². The van der Waals surface area contributed by atoms with Gasteiger partial charge in [-0.25, -0.2) is 0 Å². The van der Waals surface area contributed by atoms with Crippen LogP contribution in [0.3, 0.4) is 0 Å². The number of anilines is 2. The van der Waals surface area contributed by atoms with Gasteiger partial charge in [-0.2, -0.15) is 0 Å². The van der Waals surface area contributed by atoms with E-state index in [0.29, 0.717) is 12.3 Å². The molecule has 2 aliphatic heterocycles. The van der Waals surface area contributed by atoms with Crippen LogP contribution in [0.1, 0.15) is 24.8 Å². The maximum atomic E-state index is 12.8. The van der Waals surface area contributed by atoms with Crippen LogP contribution < -0.4 is 9.80 Å². The number of hydrogen-bond donors (Lipinski definition) is 0. The molecule has 25 heavy (non-hydrogen) atoms. The summed E-state index contributed by atoms with van der Waals surface area (Å²) in [5, 5.41) is 0. The summed E-state index contributed by atoms with van der Waals surface area (Å²) in [4.78, 5) is 21.3. The van der Waals surface area contributed by atoms with Crippen molar-refractivity contribution in [2.45, 2.75) is 25.7 Å². The monoisotopic (exact) mass is 399 g/mol. The molecule has 0 bridgehead atoms. The van der Waals surface area contributed by atoms with E-state index in [0.717, 1.165) is 49.1 Å². The highest BCUT2D eigenvalue weighted by Crippen LogP contribution is 2.32. The fraction of sp³-hybridized carbons (Fsp3) is 0.400. The minimum absolute atomic E-state index is 0.286. The van der Waals surface area contributed by atoms with E-state index in [1.165, 1.54) is 11.3 Å². The van der Waals surface area contributed by atoms with E-state index < -0.39 is 0 Å². The van der Waals surface area contributed by atoms with Gasteiger partial charge in [0.1, 0.15) is 0 Å². The number of benzene rings is 1. The third-order valence-corrected chi connectivity index (χ3v) is 5.97. The first kappa shape index (κ1) is 16.6. The molecule has 0 spiro atoms. The lowest BCUT2D eigenvalue weighted by Crippen LogP contribution is -2.37. The summed E-state index contributed by atoms with van der Waals surface area (Å²) >= 11 is 3.58. The van der Waals surface area contributed by atoms with Crippen LogP contribution in [0, 0.1) is 5.92 Å². The topological polar surface area (TPSA) is 36.4 Å². The van der Waals surface area contributed by atoms with Crippen molar-refractivity contribution in [3.63, 3.8) is 0 Å². The van der Waals surface area contributed by atoms with Gasteiger partial charge in [0.25, 0.3) is 0 Å². The van der Waals surface area contributed by atoms with E-state index in [1.807, 2.05) is 23.4 Å². The highest BCUT2D eigenvalue weighted by atomic mass is 79.9. The van der Waals surface area contributed by atoms with Crippen molar-refractivity contribution >= 4 is 33.2 Å². The van der Waals surface area contributed by atoms with Gasteiger partial charge in [-0.05, 0) is 58.8 Å². The number of carbonyl (C=O) groups excluding carboxylic acids is 1. The quantitative estimate of drug-likeness (QED) is 0.781. The van der Waals surface area contributed by atoms with Crippen LogP contribution in [-0.4, -0.2) is 30.5 Å². The first-order valence-corrected chi connectivity index (χ1v) is 9.74. The van der Waals surface area contributed by atoms with Gasteiger partial charge in [-0.15, -0.1) is 0 Å². The molecule has 2 aromatic rings. The number of halogens is 1. The van der Waals surface area contributed by atoms with Gasteiger partial charge >= 0.3 is 0 Å². The lowest BCUT2D eigenvalue weighted by Gasteiger charge is -2.34. The SMILES string of the molecule is O=C(CC1CCN(c2ccncc2Br)CC1)N1CCc2ccccc21. The second-order valence-electron chi connectivity index (χ2n) is 6.89. The van der Waals surface area contributed by atoms with Gasteiger partial charge in [0.2, 0.25) is 5.91 Å². The summed E-state index contributed by atoms with van der Waals surface area (Å²) in [6, 6.07) is 10.3. The molecule has 0 saturated carbocycles. The normalized spacial score (nSPS) is 17.6. The Kier molecular flexibility index (Phi) is 4.75. The third kappa shape index (κ3) is 3.43. The molecule has 2 aliphatic rings. The molecule has 1 saturated heterocycles. The molecule has 4 rings (SSSR count). The number of pyridine rings is 1. The number of amides is 1. The number of carbonyl (C=O) groups is 1. The molecular weight excluding hydrogens is 378 g/mol. The molecule has 130 valence electrons. The summed E-state index contributed by atoms with van der Waals surface area (Å²) in [5.41, 5.74) is 3.62. The molecule has 1 aromatic carbocycles. The average Bonchev–Trinajstić information content (AvgIpc) is 3.07. The third-order valence-electron chi connectivity index (χ3n) is 5.36. The van der Waals surface area contributed by atoms with E-state index in [2.05, 4.69) is 50.1 Å². The van der Waals surface area contributed by atoms with E-state index in [1.54, 1.807) is 0 Å². The van der Waals surface area contributed by atoms with Crippen molar-refractivity contribution in [2.75, 3.05) is 29.4 Å². The predicted octanol–water partition coefficient (Wildman–Crippen LogP) is 4.04. The van der Waals surface area contributed by atoms with E-state index in [-0.39, 0.29) is 5.91 Å². The van der Waals surface area contributed by atoms with E-state index in [4.69, 9.17) is 0 Å². The molecule has 0 unspecified atom stereocenters. The summed E-state index contributed by atoms with van der Waals surface area (Å²) in [6.07, 6.45) is 7.46. The number of aromatic nitrogens is 1. The molecule has 3 heterocycles. The van der Waals surface area contributed by atoms with Crippen LogP contribution in [-0.2, 0) is 11.2 Å². The van der Waals surface area contributed by atoms with Crippen LogP contribution in [0.5, 0.6) is 0 Å². The van der Waals surface area contributed by atoms with Crippen LogP contribution in [0.25, 0.3) is 0 Å². The number of nitrogens with zero attached hydrogens (tertiary/aromatic N) is 3. The zero-order chi connectivity index (χ0) is 17.2. The summed E-state index contributed by atoms with van der Waals surface area (Å²) in [7, 11) is 0. The number of rotatable bonds is 3. The zero-order valence-electron chi connectivity index (χ0n) is 14.2. The van der Waals surface area contributed by atoms with E-state index in [9.17, 15) is 4.79 Å². The molecule has 0 radical (unpaired) electrons. The van der Waals surface area contributed by atoms with Crippen molar-refractivity contribution in [3.8, 4) is 0 Å². The molecular formula is C20H22BrN3O. The van der Waals surface area contributed by atoms with Gasteiger partial charge in [0, 0.05) is 44.1 Å². The number of piperidine rings is 1. The summed E-state index contributed by atoms with van der Waals surface area (Å²) in [6.45, 7) is 2.83. The van der Waals surface area contributed by atoms with Crippen molar-refractivity contribution in [2.24, 2.45) is 5.92 Å². The molecule has 1 amide bonds. The maximum absolute atomic E-state index is 12.8. The highest BCUT2D eigenvalue weighted by Gasteiger charge is 2.28. The Hall–Kier alpha value is -1.88. The predicted molar refractivity (Wildman–Crippen MR) is 104 cm³/mol. The minimum Gasteiger partial charge on any atom is -0.371 e. The highest BCUT2D eigenvalue weighted by molar-refractivity contribution is 9.10. The maximum Gasteiger partial charge on any atom is 0.227 e. The molecule has 5 heteroatoms. The lowest BCUT2D eigenvalue weighted by molar-refractivity contribution is -0.119. The molecule has 0 aliphatic carbocycles. The summed E-state index contributed by atoms with van der Waals surface area (Å²) < 4.78 is 1.04. The largest absolute Gasteiger partial charge is 0.371 e. The van der Waals surface area contributed by atoms with Crippen molar-refractivity contribution in [3.05, 3.63) is 52.8 Å². The Balaban J connectivity index is 1.35. The van der Waals surface area contributed by atoms with Gasteiger partial charge in [-0.1, -0.05) is 18.2 Å². The second-order valence-corrected chi connectivity index (χ2v) is 7.74. The van der Waals surface area contributed by atoms with Gasteiger partial charge in [0.15, 0.2) is 0 Å². The Morgan fingerprint density at radius 3 is 2.72 bits per heavy atom. The Labute approximate surface area is 157 Å².